The monoisotopic (exact) mass is 456 g/mol. The van der Waals surface area contributed by atoms with E-state index in [0.29, 0.717) is 21.4 Å². The zero-order chi connectivity index (χ0) is 22.7. The molecule has 2 rings (SSSR count). The minimum Gasteiger partial charge on any atom is -0.544 e. The van der Waals surface area contributed by atoms with Gasteiger partial charge in [0.25, 0.3) is 0 Å². The second-order valence-corrected chi connectivity index (χ2v) is 11.0. The molecule has 0 spiro atoms. The molecule has 0 saturated carbocycles. The van der Waals surface area contributed by atoms with E-state index in [0.717, 1.165) is 0 Å². The lowest BCUT2D eigenvalue weighted by molar-refractivity contribution is -0.889. The first-order valence-corrected chi connectivity index (χ1v) is 11.4. The van der Waals surface area contributed by atoms with Gasteiger partial charge in [-0.05, 0) is 21.6 Å². The number of rotatable bonds is 11. The lowest BCUT2D eigenvalue weighted by Gasteiger charge is -2.34. The highest BCUT2D eigenvalue weighted by Gasteiger charge is 2.29. The van der Waals surface area contributed by atoms with Crippen LogP contribution >= 0.6 is 21.6 Å². The van der Waals surface area contributed by atoms with E-state index in [1.54, 1.807) is 42.3 Å². The first-order valence-electron chi connectivity index (χ1n) is 9.23. The predicted molar refractivity (Wildman–Crippen MR) is 110 cm³/mol. The molecule has 10 nitrogen and oxygen atoms in total. The number of carbonyl (C=O) groups excluding carboxylic acids is 2. The van der Waals surface area contributed by atoms with E-state index < -0.39 is 24.0 Å². The molecule has 166 valence electrons. The van der Waals surface area contributed by atoms with Crippen molar-refractivity contribution in [1.82, 2.24) is 19.9 Å². The maximum atomic E-state index is 11.6. The van der Waals surface area contributed by atoms with Gasteiger partial charge in [0.2, 0.25) is 0 Å². The van der Waals surface area contributed by atoms with Crippen molar-refractivity contribution < 1.29 is 28.8 Å². The SMILES string of the molecule is C[N+](C)(C)[C@@H](Cc1[nH]cnc1SSc1nc[nH]c1C[C@@H](C(=O)[O-])[N+](C)(C)C)C(=O)[O-]. The van der Waals surface area contributed by atoms with Crippen LogP contribution in [0.4, 0.5) is 0 Å². The average Bonchev–Trinajstić information content (AvgIpc) is 3.21. The fourth-order valence-corrected chi connectivity index (χ4v) is 5.04. The minimum absolute atomic E-state index is 0.220. The fourth-order valence-electron chi connectivity index (χ4n) is 2.87. The molecular formula is C18H28N6O4S2. The summed E-state index contributed by atoms with van der Waals surface area (Å²) in [7, 11) is 13.5. The quantitative estimate of drug-likeness (QED) is 0.313. The number of quaternary nitrogens is 2. The van der Waals surface area contributed by atoms with Gasteiger partial charge in [-0.2, -0.15) is 0 Å². The Kier molecular flexibility index (Phi) is 7.61. The van der Waals surface area contributed by atoms with Gasteiger partial charge in [-0.15, -0.1) is 0 Å². The van der Waals surface area contributed by atoms with Crippen molar-refractivity contribution >= 4 is 33.5 Å². The van der Waals surface area contributed by atoms with Gasteiger partial charge in [-0.25, -0.2) is 9.97 Å². The molecule has 0 amide bonds. The molecule has 0 bridgehead atoms. The molecule has 30 heavy (non-hydrogen) atoms. The molecule has 0 unspecified atom stereocenters. The van der Waals surface area contributed by atoms with E-state index in [-0.39, 0.29) is 21.8 Å². The Bertz CT molecular complexity index is 812. The number of aromatic amines is 2. The van der Waals surface area contributed by atoms with Crippen LogP contribution in [-0.4, -0.2) is 95.2 Å². The number of likely N-dealkylation sites (N-methyl/N-ethyl adjacent to an activating group) is 2. The fraction of sp³-hybridized carbons (Fsp3) is 0.556. The summed E-state index contributed by atoms with van der Waals surface area (Å²) in [5.41, 5.74) is 1.40. The van der Waals surface area contributed by atoms with Gasteiger partial charge in [0, 0.05) is 12.8 Å². The van der Waals surface area contributed by atoms with Crippen LogP contribution in [0.3, 0.4) is 0 Å². The summed E-state index contributed by atoms with van der Waals surface area (Å²) in [5, 5.41) is 24.4. The highest BCUT2D eigenvalue weighted by Crippen LogP contribution is 2.38. The molecule has 0 aromatic carbocycles. The Labute approximate surface area is 183 Å². The molecule has 2 N–H and O–H groups in total. The summed E-state index contributed by atoms with van der Waals surface area (Å²) < 4.78 is 0.440. The smallest absolute Gasteiger partial charge is 0.134 e. The number of imidazole rings is 2. The van der Waals surface area contributed by atoms with Crippen molar-refractivity contribution in [2.24, 2.45) is 0 Å². The molecule has 0 radical (unpaired) electrons. The van der Waals surface area contributed by atoms with Crippen LogP contribution in [0.2, 0.25) is 0 Å². The van der Waals surface area contributed by atoms with E-state index >= 15 is 0 Å². The highest BCUT2D eigenvalue weighted by molar-refractivity contribution is 8.76. The molecule has 2 aromatic rings. The standard InChI is InChI=1S/C18H28N6O4S2/c1-23(2,3)13(17(25)26)7-11-15(21-9-19-11)29-30-16-12(20-10-22-16)8-14(18(27)28)24(4,5)6/h9-10,13-14H,7-8H2,1-6H3,(H2-2,19,20,21,22,25,26,27,28)/t13-,14-/m0/s1. The second-order valence-electron chi connectivity index (χ2n) is 8.85. The molecular weight excluding hydrogens is 428 g/mol. The maximum Gasteiger partial charge on any atom is 0.134 e. The highest BCUT2D eigenvalue weighted by atomic mass is 33.1. The number of carbonyl (C=O) groups is 2. The number of nitrogens with zero attached hydrogens (tertiary/aromatic N) is 4. The second kappa shape index (κ2) is 9.41. The molecule has 0 aliphatic heterocycles. The summed E-state index contributed by atoms with van der Waals surface area (Å²) >= 11 is 0. The van der Waals surface area contributed by atoms with Crippen molar-refractivity contribution in [3.63, 3.8) is 0 Å². The van der Waals surface area contributed by atoms with E-state index in [4.69, 9.17) is 0 Å². The number of aromatic nitrogens is 4. The van der Waals surface area contributed by atoms with Gasteiger partial charge in [-0.3, -0.25) is 0 Å². The topological polar surface area (TPSA) is 138 Å². The van der Waals surface area contributed by atoms with E-state index in [9.17, 15) is 19.8 Å². The molecule has 2 atom stereocenters. The average molecular weight is 457 g/mol. The predicted octanol–water partition coefficient (Wildman–Crippen LogP) is -1.33. The number of hydrogen-bond donors (Lipinski definition) is 2. The normalized spacial score (nSPS) is 14.5. The van der Waals surface area contributed by atoms with Crippen LogP contribution in [0.15, 0.2) is 22.7 Å². The molecule has 0 fully saturated rings. The van der Waals surface area contributed by atoms with E-state index in [1.165, 1.54) is 34.2 Å². The Hall–Kier alpha value is -2.02. The van der Waals surface area contributed by atoms with Crippen molar-refractivity contribution in [3.05, 3.63) is 24.0 Å². The Morgan fingerprint density at radius 1 is 0.833 bits per heavy atom. The van der Waals surface area contributed by atoms with Gasteiger partial charge in [0.15, 0.2) is 0 Å². The first-order chi connectivity index (χ1) is 13.8. The van der Waals surface area contributed by atoms with Gasteiger partial charge in [0.05, 0.1) is 78.3 Å². The third kappa shape index (κ3) is 6.24. The molecule has 2 aromatic heterocycles. The minimum atomic E-state index is -1.12. The summed E-state index contributed by atoms with van der Waals surface area (Å²) in [6.07, 6.45) is 3.54. The largest absolute Gasteiger partial charge is 0.544 e. The number of H-pyrrole nitrogens is 2. The summed E-state index contributed by atoms with van der Waals surface area (Å²) in [6, 6.07) is -1.46. The number of carboxylic acid groups (broad SMARTS) is 2. The van der Waals surface area contributed by atoms with Crippen LogP contribution in [0, 0.1) is 0 Å². The van der Waals surface area contributed by atoms with Crippen LogP contribution in [0.1, 0.15) is 11.4 Å². The van der Waals surface area contributed by atoms with Crippen LogP contribution < -0.4 is 10.2 Å². The molecule has 0 aliphatic rings. The third-order valence-electron chi connectivity index (χ3n) is 4.77. The Morgan fingerprint density at radius 3 is 1.43 bits per heavy atom. The zero-order valence-electron chi connectivity index (χ0n) is 18.0. The van der Waals surface area contributed by atoms with Crippen molar-refractivity contribution in [2.45, 2.75) is 35.0 Å². The van der Waals surface area contributed by atoms with Crippen LogP contribution in [0.5, 0.6) is 0 Å². The van der Waals surface area contributed by atoms with E-state index in [2.05, 4.69) is 19.9 Å². The first kappa shape index (κ1) is 24.3. The third-order valence-corrected chi connectivity index (χ3v) is 7.07. The van der Waals surface area contributed by atoms with Gasteiger partial charge in [-0.1, -0.05) is 0 Å². The Balaban J connectivity index is 2.12. The van der Waals surface area contributed by atoms with Crippen molar-refractivity contribution in [3.8, 4) is 0 Å². The van der Waals surface area contributed by atoms with Gasteiger partial charge >= 0.3 is 0 Å². The van der Waals surface area contributed by atoms with E-state index in [1.807, 2.05) is 0 Å². The molecule has 2 heterocycles. The number of nitrogens with one attached hydrogen (secondary N) is 2. The van der Waals surface area contributed by atoms with Crippen LogP contribution in [-0.2, 0) is 22.4 Å². The van der Waals surface area contributed by atoms with Gasteiger partial charge < -0.3 is 38.7 Å². The lowest BCUT2D eigenvalue weighted by atomic mass is 10.1. The maximum absolute atomic E-state index is 11.6. The number of aliphatic carboxylic acids is 2. The summed E-state index contributed by atoms with van der Waals surface area (Å²) in [5.74, 6) is -2.24. The lowest BCUT2D eigenvalue weighted by Crippen LogP contribution is -2.56. The Morgan fingerprint density at radius 2 is 1.17 bits per heavy atom. The van der Waals surface area contributed by atoms with Crippen molar-refractivity contribution in [1.29, 1.82) is 0 Å². The zero-order valence-corrected chi connectivity index (χ0v) is 19.6. The van der Waals surface area contributed by atoms with Gasteiger partial charge in [0.1, 0.15) is 22.1 Å². The molecule has 0 saturated heterocycles. The number of hydrogen-bond acceptors (Lipinski definition) is 8. The summed E-state index contributed by atoms with van der Waals surface area (Å²) in [4.78, 5) is 37.7. The molecule has 12 heteroatoms. The molecule has 0 aliphatic carbocycles. The van der Waals surface area contributed by atoms with Crippen LogP contribution in [0.25, 0.3) is 0 Å². The summed E-state index contributed by atoms with van der Waals surface area (Å²) in [6.45, 7) is 0. The van der Waals surface area contributed by atoms with Crippen molar-refractivity contribution in [2.75, 3.05) is 42.3 Å². The number of carboxylic acids is 2.